The highest BCUT2D eigenvalue weighted by Crippen LogP contribution is 2.21. The van der Waals surface area contributed by atoms with Crippen molar-refractivity contribution in [1.29, 1.82) is 0 Å². The zero-order chi connectivity index (χ0) is 16.5. The zero-order valence-corrected chi connectivity index (χ0v) is 14.7. The van der Waals surface area contributed by atoms with Gasteiger partial charge >= 0.3 is 5.97 Å². The molecule has 0 aliphatic heterocycles. The molecule has 0 fully saturated rings. The molecule has 2 N–H and O–H groups in total. The van der Waals surface area contributed by atoms with E-state index in [0.29, 0.717) is 18.2 Å². The second-order valence-electron chi connectivity index (χ2n) is 5.22. The maximum absolute atomic E-state index is 11.3. The lowest BCUT2D eigenvalue weighted by Crippen LogP contribution is -2.29. The number of methoxy groups -OCH3 is 1. The van der Waals surface area contributed by atoms with E-state index >= 15 is 0 Å². The number of alkyl halides is 2. The molecule has 1 aromatic rings. The van der Waals surface area contributed by atoms with Crippen LogP contribution in [0.15, 0.2) is 18.2 Å². The van der Waals surface area contributed by atoms with E-state index < -0.39 is 0 Å². The first-order chi connectivity index (χ1) is 10.5. The molecule has 1 rings (SSSR count). The average molecular weight is 347 g/mol. The number of rotatable bonds is 9. The molecule has 124 valence electrons. The summed E-state index contributed by atoms with van der Waals surface area (Å²) in [6.45, 7) is 3.52. The summed E-state index contributed by atoms with van der Waals surface area (Å²) in [6, 6.07) is 5.97. The molecule has 1 aromatic carbocycles. The molecule has 0 amide bonds. The molecule has 0 aliphatic carbocycles. The van der Waals surface area contributed by atoms with Crippen molar-refractivity contribution in [3.8, 4) is 0 Å². The number of nitrogens with zero attached hydrogens (tertiary/aromatic N) is 1. The maximum atomic E-state index is 11.3. The van der Waals surface area contributed by atoms with Crippen molar-refractivity contribution < 1.29 is 9.53 Å². The van der Waals surface area contributed by atoms with Crippen LogP contribution in [-0.2, 0) is 16.0 Å². The van der Waals surface area contributed by atoms with Gasteiger partial charge in [0, 0.05) is 36.6 Å². The van der Waals surface area contributed by atoms with Crippen LogP contribution in [0.3, 0.4) is 0 Å². The molecular formula is C16H24Cl2N2O2. The Morgan fingerprint density at radius 2 is 1.95 bits per heavy atom. The summed E-state index contributed by atoms with van der Waals surface area (Å²) in [4.78, 5) is 13.5. The summed E-state index contributed by atoms with van der Waals surface area (Å²) >= 11 is 11.7. The van der Waals surface area contributed by atoms with Gasteiger partial charge in [-0.1, -0.05) is 6.07 Å². The van der Waals surface area contributed by atoms with E-state index in [9.17, 15) is 4.79 Å². The number of hydrogen-bond acceptors (Lipinski definition) is 4. The molecule has 6 heteroatoms. The Labute approximate surface area is 142 Å². The number of benzene rings is 1. The van der Waals surface area contributed by atoms with Gasteiger partial charge in [-0.15, -0.1) is 23.2 Å². The summed E-state index contributed by atoms with van der Waals surface area (Å²) in [5.41, 5.74) is 9.40. The van der Waals surface area contributed by atoms with Gasteiger partial charge in [0.05, 0.1) is 13.5 Å². The minimum atomic E-state index is -0.285. The molecule has 4 nitrogen and oxygen atoms in total. The quantitative estimate of drug-likeness (QED) is 0.551. The van der Waals surface area contributed by atoms with Crippen molar-refractivity contribution in [3.63, 3.8) is 0 Å². The molecule has 0 bridgehead atoms. The van der Waals surface area contributed by atoms with E-state index in [-0.39, 0.29) is 18.4 Å². The fourth-order valence-electron chi connectivity index (χ4n) is 2.30. The third kappa shape index (κ3) is 6.03. The largest absolute Gasteiger partial charge is 0.469 e. The Hall–Kier alpha value is -0.970. The molecule has 0 aliphatic rings. The van der Waals surface area contributed by atoms with Crippen molar-refractivity contribution in [3.05, 3.63) is 29.3 Å². The van der Waals surface area contributed by atoms with Gasteiger partial charge in [0.1, 0.15) is 0 Å². The van der Waals surface area contributed by atoms with Crippen molar-refractivity contribution in [2.45, 2.75) is 25.8 Å². The van der Waals surface area contributed by atoms with Crippen LogP contribution >= 0.6 is 23.2 Å². The van der Waals surface area contributed by atoms with Crippen LogP contribution < -0.4 is 10.6 Å². The lowest BCUT2D eigenvalue weighted by atomic mass is 9.99. The number of ether oxygens (including phenoxy) is 1. The lowest BCUT2D eigenvalue weighted by Gasteiger charge is -2.24. The third-order valence-corrected chi connectivity index (χ3v) is 3.88. The third-order valence-electron chi connectivity index (χ3n) is 3.55. The summed E-state index contributed by atoms with van der Waals surface area (Å²) in [5, 5.41) is 0. The standard InChI is InChI=1S/C16H24Cl2N2O2/c1-12-3-4-15(20(7-5-17)8-6-18)10-13(12)9-14(19)11-16(21)22-2/h3-4,10,14H,5-9,11,19H2,1-2H3/t14-/m0/s1. The number of nitrogens with two attached hydrogens (primary N) is 1. The first-order valence-electron chi connectivity index (χ1n) is 7.30. The second-order valence-corrected chi connectivity index (χ2v) is 5.98. The molecule has 0 heterocycles. The fourth-order valence-corrected chi connectivity index (χ4v) is 2.71. The minimum Gasteiger partial charge on any atom is -0.469 e. The second kappa shape index (κ2) is 9.93. The van der Waals surface area contributed by atoms with Gasteiger partial charge in [0.2, 0.25) is 0 Å². The van der Waals surface area contributed by atoms with Crippen molar-refractivity contribution in [2.75, 3.05) is 36.9 Å². The number of aryl methyl sites for hydroxylation is 1. The van der Waals surface area contributed by atoms with Gasteiger partial charge in [-0.25, -0.2) is 0 Å². The van der Waals surface area contributed by atoms with Gasteiger partial charge in [0.25, 0.3) is 0 Å². The molecule has 0 aromatic heterocycles. The number of anilines is 1. The number of hydrogen-bond donors (Lipinski definition) is 1. The van der Waals surface area contributed by atoms with E-state index in [1.54, 1.807) is 0 Å². The minimum absolute atomic E-state index is 0.216. The van der Waals surface area contributed by atoms with Crippen LogP contribution in [-0.4, -0.2) is 44.0 Å². The van der Waals surface area contributed by atoms with Crippen LogP contribution in [0.2, 0.25) is 0 Å². The molecule has 0 radical (unpaired) electrons. The number of carbonyl (C=O) groups is 1. The topological polar surface area (TPSA) is 55.6 Å². The Morgan fingerprint density at radius 3 is 2.50 bits per heavy atom. The first-order valence-corrected chi connectivity index (χ1v) is 8.37. The molecule has 22 heavy (non-hydrogen) atoms. The van der Waals surface area contributed by atoms with Gasteiger partial charge in [0.15, 0.2) is 0 Å². The summed E-state index contributed by atoms with van der Waals surface area (Å²) in [6.07, 6.45) is 0.845. The summed E-state index contributed by atoms with van der Waals surface area (Å²) in [7, 11) is 1.37. The van der Waals surface area contributed by atoms with E-state index in [0.717, 1.165) is 29.9 Å². The SMILES string of the molecule is COC(=O)C[C@@H](N)Cc1cc(N(CCCl)CCCl)ccc1C. The Bertz CT molecular complexity index is 477. The summed E-state index contributed by atoms with van der Waals surface area (Å²) in [5.74, 6) is 0.802. The predicted octanol–water partition coefficient (Wildman–Crippen LogP) is 2.71. The Balaban J connectivity index is 2.86. The zero-order valence-electron chi connectivity index (χ0n) is 13.1. The molecule has 0 saturated heterocycles. The highest BCUT2D eigenvalue weighted by Gasteiger charge is 2.13. The predicted molar refractivity (Wildman–Crippen MR) is 93.1 cm³/mol. The van der Waals surface area contributed by atoms with Crippen LogP contribution in [0, 0.1) is 6.92 Å². The van der Waals surface area contributed by atoms with Crippen LogP contribution in [0.5, 0.6) is 0 Å². The molecule has 0 unspecified atom stereocenters. The van der Waals surface area contributed by atoms with Crippen molar-refractivity contribution in [2.24, 2.45) is 5.73 Å². The van der Waals surface area contributed by atoms with Gasteiger partial charge in [-0.2, -0.15) is 0 Å². The van der Waals surface area contributed by atoms with Crippen LogP contribution in [0.25, 0.3) is 0 Å². The fraction of sp³-hybridized carbons (Fsp3) is 0.562. The number of carbonyl (C=O) groups excluding carboxylic acids is 1. The average Bonchev–Trinajstić information content (AvgIpc) is 2.49. The lowest BCUT2D eigenvalue weighted by molar-refractivity contribution is -0.140. The molecular weight excluding hydrogens is 323 g/mol. The van der Waals surface area contributed by atoms with Gasteiger partial charge in [-0.05, 0) is 36.6 Å². The van der Waals surface area contributed by atoms with E-state index in [4.69, 9.17) is 28.9 Å². The van der Waals surface area contributed by atoms with E-state index in [1.807, 2.05) is 6.92 Å². The van der Waals surface area contributed by atoms with Crippen LogP contribution in [0.4, 0.5) is 5.69 Å². The van der Waals surface area contributed by atoms with Gasteiger partial charge < -0.3 is 15.4 Å². The Morgan fingerprint density at radius 1 is 1.32 bits per heavy atom. The number of esters is 1. The van der Waals surface area contributed by atoms with Crippen molar-refractivity contribution in [1.82, 2.24) is 0 Å². The maximum Gasteiger partial charge on any atom is 0.307 e. The first kappa shape index (κ1) is 19.1. The Kier molecular flexibility index (Phi) is 8.61. The molecule has 1 atom stereocenters. The summed E-state index contributed by atoms with van der Waals surface area (Å²) < 4.78 is 4.66. The van der Waals surface area contributed by atoms with E-state index in [2.05, 4.69) is 27.8 Å². The van der Waals surface area contributed by atoms with Gasteiger partial charge in [-0.3, -0.25) is 4.79 Å². The smallest absolute Gasteiger partial charge is 0.307 e. The molecule has 0 spiro atoms. The number of halogens is 2. The van der Waals surface area contributed by atoms with E-state index in [1.165, 1.54) is 7.11 Å². The van der Waals surface area contributed by atoms with Crippen LogP contribution in [0.1, 0.15) is 17.5 Å². The normalized spacial score (nSPS) is 12.0. The highest BCUT2D eigenvalue weighted by molar-refractivity contribution is 6.18. The molecule has 0 saturated carbocycles. The monoisotopic (exact) mass is 346 g/mol. The van der Waals surface area contributed by atoms with Crippen molar-refractivity contribution >= 4 is 34.9 Å². The highest BCUT2D eigenvalue weighted by atomic mass is 35.5.